The third-order valence-electron chi connectivity index (χ3n) is 1.99. The number of aliphatic hydroxyl groups is 1. The van der Waals surface area contributed by atoms with E-state index in [1.807, 2.05) is 19.1 Å². The van der Waals surface area contributed by atoms with Crippen LogP contribution in [-0.4, -0.2) is 17.8 Å². The minimum Gasteiger partial charge on any atom is -0.396 e. The molecule has 0 fully saturated rings. The molecular weight excluding hydrogens is 176 g/mol. The van der Waals surface area contributed by atoms with Crippen LogP contribution in [0, 0.1) is 11.3 Å². The van der Waals surface area contributed by atoms with Crippen molar-refractivity contribution in [1.82, 2.24) is 0 Å². The van der Waals surface area contributed by atoms with Crippen molar-refractivity contribution in [1.29, 1.82) is 5.26 Å². The van der Waals surface area contributed by atoms with Crippen LogP contribution in [0.4, 0.5) is 5.69 Å². The van der Waals surface area contributed by atoms with Gasteiger partial charge in [0.1, 0.15) is 0 Å². The Hall–Kier alpha value is -1.53. The first-order valence-electron chi connectivity index (χ1n) is 4.64. The summed E-state index contributed by atoms with van der Waals surface area (Å²) in [6.45, 7) is 2.19. The zero-order chi connectivity index (χ0) is 10.4. The summed E-state index contributed by atoms with van der Waals surface area (Å²) in [5.41, 5.74) is 1.63. The number of rotatable bonds is 4. The van der Waals surface area contributed by atoms with E-state index in [1.165, 1.54) is 0 Å². The van der Waals surface area contributed by atoms with Gasteiger partial charge in [-0.2, -0.15) is 5.26 Å². The number of hydrogen-bond acceptors (Lipinski definition) is 3. The molecule has 3 nitrogen and oxygen atoms in total. The first-order chi connectivity index (χ1) is 6.76. The quantitative estimate of drug-likeness (QED) is 0.760. The SMILES string of the molecule is C[C@@H](CCO)Nc1ccc(C#N)cc1. The van der Waals surface area contributed by atoms with Crippen LogP contribution < -0.4 is 5.32 Å². The van der Waals surface area contributed by atoms with Gasteiger partial charge in [-0.05, 0) is 37.6 Å². The molecule has 0 unspecified atom stereocenters. The molecule has 1 aromatic carbocycles. The summed E-state index contributed by atoms with van der Waals surface area (Å²) in [6, 6.07) is 9.59. The molecule has 0 saturated carbocycles. The molecule has 74 valence electrons. The van der Waals surface area contributed by atoms with Gasteiger partial charge in [0.25, 0.3) is 0 Å². The van der Waals surface area contributed by atoms with Crippen molar-refractivity contribution >= 4 is 5.69 Å². The van der Waals surface area contributed by atoms with Crippen LogP contribution in [0.5, 0.6) is 0 Å². The van der Waals surface area contributed by atoms with Crippen molar-refractivity contribution < 1.29 is 5.11 Å². The lowest BCUT2D eigenvalue weighted by atomic mass is 10.2. The molecule has 0 aliphatic heterocycles. The molecule has 14 heavy (non-hydrogen) atoms. The fourth-order valence-corrected chi connectivity index (χ4v) is 1.19. The van der Waals surface area contributed by atoms with E-state index < -0.39 is 0 Å². The molecule has 0 aromatic heterocycles. The van der Waals surface area contributed by atoms with Crippen molar-refractivity contribution in [2.24, 2.45) is 0 Å². The number of nitrogens with one attached hydrogen (secondary N) is 1. The summed E-state index contributed by atoms with van der Waals surface area (Å²) in [7, 11) is 0. The minimum absolute atomic E-state index is 0.185. The van der Waals surface area contributed by atoms with Gasteiger partial charge in [-0.25, -0.2) is 0 Å². The summed E-state index contributed by atoms with van der Waals surface area (Å²) in [5.74, 6) is 0. The second-order valence-corrected chi connectivity index (χ2v) is 3.25. The summed E-state index contributed by atoms with van der Waals surface area (Å²) in [4.78, 5) is 0. The Balaban J connectivity index is 2.56. The molecule has 0 amide bonds. The van der Waals surface area contributed by atoms with E-state index in [4.69, 9.17) is 10.4 Å². The fourth-order valence-electron chi connectivity index (χ4n) is 1.19. The maximum absolute atomic E-state index is 8.71. The molecule has 1 aromatic rings. The maximum atomic E-state index is 8.71. The summed E-state index contributed by atoms with van der Waals surface area (Å²) >= 11 is 0. The predicted octanol–water partition coefficient (Wildman–Crippen LogP) is 1.74. The molecule has 0 radical (unpaired) electrons. The summed E-state index contributed by atoms with van der Waals surface area (Å²) in [6.07, 6.45) is 0.722. The van der Waals surface area contributed by atoms with Gasteiger partial charge in [0.05, 0.1) is 11.6 Å². The number of anilines is 1. The average Bonchev–Trinajstić information content (AvgIpc) is 2.19. The van der Waals surface area contributed by atoms with E-state index in [0.29, 0.717) is 5.56 Å². The van der Waals surface area contributed by atoms with Gasteiger partial charge in [0.2, 0.25) is 0 Å². The van der Waals surface area contributed by atoms with Crippen LogP contribution in [0.1, 0.15) is 18.9 Å². The van der Waals surface area contributed by atoms with Crippen molar-refractivity contribution in [3.63, 3.8) is 0 Å². The predicted molar refractivity (Wildman–Crippen MR) is 55.9 cm³/mol. The molecule has 3 heteroatoms. The van der Waals surface area contributed by atoms with Crippen LogP contribution in [0.2, 0.25) is 0 Å². The molecule has 0 aliphatic carbocycles. The fraction of sp³-hybridized carbons (Fsp3) is 0.364. The number of benzene rings is 1. The van der Waals surface area contributed by atoms with Gasteiger partial charge >= 0.3 is 0 Å². The van der Waals surface area contributed by atoms with Gasteiger partial charge in [-0.15, -0.1) is 0 Å². The highest BCUT2D eigenvalue weighted by molar-refractivity contribution is 5.47. The summed E-state index contributed by atoms with van der Waals surface area (Å²) < 4.78 is 0. The van der Waals surface area contributed by atoms with Gasteiger partial charge in [0.15, 0.2) is 0 Å². The largest absolute Gasteiger partial charge is 0.396 e. The Bertz CT molecular complexity index is 313. The number of aliphatic hydroxyl groups excluding tert-OH is 1. The maximum Gasteiger partial charge on any atom is 0.0991 e. The Morgan fingerprint density at radius 2 is 2.07 bits per heavy atom. The van der Waals surface area contributed by atoms with Gasteiger partial charge < -0.3 is 10.4 Å². The first-order valence-corrected chi connectivity index (χ1v) is 4.64. The first kappa shape index (κ1) is 10.6. The van der Waals surface area contributed by atoms with E-state index in [2.05, 4.69) is 11.4 Å². The molecule has 1 rings (SSSR count). The molecule has 0 heterocycles. The number of hydrogen-bond donors (Lipinski definition) is 2. The third-order valence-corrected chi connectivity index (χ3v) is 1.99. The average molecular weight is 190 g/mol. The highest BCUT2D eigenvalue weighted by Gasteiger charge is 2.00. The molecular formula is C11H14N2O. The Labute approximate surface area is 84.0 Å². The van der Waals surface area contributed by atoms with Crippen molar-refractivity contribution in [2.45, 2.75) is 19.4 Å². The van der Waals surface area contributed by atoms with E-state index in [9.17, 15) is 0 Å². The normalized spacial score (nSPS) is 11.8. The van der Waals surface area contributed by atoms with E-state index in [1.54, 1.807) is 12.1 Å². The summed E-state index contributed by atoms with van der Waals surface area (Å²) in [5, 5.41) is 20.5. The van der Waals surface area contributed by atoms with Gasteiger partial charge in [0, 0.05) is 18.3 Å². The van der Waals surface area contributed by atoms with Gasteiger partial charge in [-0.3, -0.25) is 0 Å². The standard InChI is InChI=1S/C11H14N2O/c1-9(6-7-14)13-11-4-2-10(8-12)3-5-11/h2-5,9,13-14H,6-7H2,1H3/t9-/m0/s1. The molecule has 0 aliphatic rings. The van der Waals surface area contributed by atoms with Crippen LogP contribution in [0.3, 0.4) is 0 Å². The lowest BCUT2D eigenvalue weighted by Crippen LogP contribution is -2.16. The molecule has 0 bridgehead atoms. The van der Waals surface area contributed by atoms with E-state index >= 15 is 0 Å². The van der Waals surface area contributed by atoms with Crippen LogP contribution >= 0.6 is 0 Å². The van der Waals surface area contributed by atoms with Crippen molar-refractivity contribution in [3.8, 4) is 6.07 Å². The van der Waals surface area contributed by atoms with Gasteiger partial charge in [-0.1, -0.05) is 0 Å². The number of nitriles is 1. The van der Waals surface area contributed by atoms with Crippen molar-refractivity contribution in [2.75, 3.05) is 11.9 Å². The highest BCUT2D eigenvalue weighted by Crippen LogP contribution is 2.10. The second kappa shape index (κ2) is 5.25. The Morgan fingerprint density at radius 3 is 2.57 bits per heavy atom. The van der Waals surface area contributed by atoms with Crippen LogP contribution in [-0.2, 0) is 0 Å². The topological polar surface area (TPSA) is 56.0 Å². The highest BCUT2D eigenvalue weighted by atomic mass is 16.3. The molecule has 2 N–H and O–H groups in total. The zero-order valence-electron chi connectivity index (χ0n) is 8.20. The monoisotopic (exact) mass is 190 g/mol. The van der Waals surface area contributed by atoms with E-state index in [-0.39, 0.29) is 12.6 Å². The van der Waals surface area contributed by atoms with Crippen LogP contribution in [0.25, 0.3) is 0 Å². The third kappa shape index (κ3) is 3.08. The lowest BCUT2D eigenvalue weighted by molar-refractivity contribution is 0.282. The Kier molecular flexibility index (Phi) is 3.96. The molecule has 0 spiro atoms. The Morgan fingerprint density at radius 1 is 1.43 bits per heavy atom. The molecule has 1 atom stereocenters. The van der Waals surface area contributed by atoms with Crippen molar-refractivity contribution in [3.05, 3.63) is 29.8 Å². The number of nitrogens with zero attached hydrogens (tertiary/aromatic N) is 1. The second-order valence-electron chi connectivity index (χ2n) is 3.25. The molecule has 0 saturated heterocycles. The van der Waals surface area contributed by atoms with E-state index in [0.717, 1.165) is 12.1 Å². The lowest BCUT2D eigenvalue weighted by Gasteiger charge is -2.13. The zero-order valence-corrected chi connectivity index (χ0v) is 8.20. The smallest absolute Gasteiger partial charge is 0.0991 e. The van der Waals surface area contributed by atoms with Crippen LogP contribution in [0.15, 0.2) is 24.3 Å². The minimum atomic E-state index is 0.185.